The number of pyridine rings is 2. The Balaban J connectivity index is 1.27. The molecule has 1 amide bonds. The molecule has 2 aliphatic carbocycles. The highest BCUT2D eigenvalue weighted by atomic mass is 16.5. The summed E-state index contributed by atoms with van der Waals surface area (Å²) in [6.07, 6.45) is 13.0. The standard InChI is InChI=1S/C28H33N7O2/c1-29-27(36)19-4-2-9-28(16-19)10-13-35(18-28)25-15-24(33-26(34-25)20-5-3-11-30-17-20)32-23-14-22(8-12-31-23)37-21-6-7-21/h3,5,8,11-12,14-15,17,19,21H,2,4,6-7,9-10,13,16,18H2,1H3,(H,29,36)(H,31,32,33,34). The number of ether oxygens (including phenoxy) is 1. The number of aromatic nitrogens is 4. The highest BCUT2D eigenvalue weighted by molar-refractivity contribution is 5.78. The van der Waals surface area contributed by atoms with E-state index < -0.39 is 0 Å². The lowest BCUT2D eigenvalue weighted by Gasteiger charge is -2.37. The molecule has 1 aliphatic heterocycles. The van der Waals surface area contributed by atoms with Crippen LogP contribution in [0.15, 0.2) is 48.9 Å². The Labute approximate surface area is 217 Å². The van der Waals surface area contributed by atoms with Gasteiger partial charge in [-0.1, -0.05) is 6.42 Å². The van der Waals surface area contributed by atoms with Crippen molar-refractivity contribution in [2.45, 2.75) is 51.0 Å². The summed E-state index contributed by atoms with van der Waals surface area (Å²) in [5.41, 5.74) is 1.01. The lowest BCUT2D eigenvalue weighted by Crippen LogP contribution is -2.38. The summed E-state index contributed by atoms with van der Waals surface area (Å²) in [5.74, 6) is 3.93. The number of rotatable bonds is 7. The normalized spacial score (nSPS) is 23.2. The lowest BCUT2D eigenvalue weighted by molar-refractivity contribution is -0.126. The number of anilines is 3. The summed E-state index contributed by atoms with van der Waals surface area (Å²) in [6, 6.07) is 9.66. The van der Waals surface area contributed by atoms with Gasteiger partial charge in [-0.3, -0.25) is 9.78 Å². The number of carbonyl (C=O) groups is 1. The predicted molar refractivity (Wildman–Crippen MR) is 142 cm³/mol. The summed E-state index contributed by atoms with van der Waals surface area (Å²) in [6.45, 7) is 1.80. The molecule has 3 aromatic heterocycles. The van der Waals surface area contributed by atoms with E-state index in [0.29, 0.717) is 23.6 Å². The molecule has 6 rings (SSSR count). The summed E-state index contributed by atoms with van der Waals surface area (Å²) in [4.78, 5) is 33.2. The molecule has 2 unspecified atom stereocenters. The van der Waals surface area contributed by atoms with E-state index in [-0.39, 0.29) is 17.2 Å². The van der Waals surface area contributed by atoms with Crippen molar-refractivity contribution in [3.05, 3.63) is 48.9 Å². The van der Waals surface area contributed by atoms with Crippen molar-refractivity contribution in [1.82, 2.24) is 25.3 Å². The van der Waals surface area contributed by atoms with E-state index in [9.17, 15) is 4.79 Å². The fraction of sp³-hybridized carbons (Fsp3) is 0.464. The van der Waals surface area contributed by atoms with Crippen molar-refractivity contribution in [2.75, 3.05) is 30.4 Å². The zero-order valence-electron chi connectivity index (χ0n) is 21.2. The second-order valence-electron chi connectivity index (χ2n) is 10.6. The molecular weight excluding hydrogens is 466 g/mol. The van der Waals surface area contributed by atoms with Gasteiger partial charge in [0.2, 0.25) is 5.91 Å². The Kier molecular flexibility index (Phi) is 6.36. The predicted octanol–water partition coefficient (Wildman–Crippen LogP) is 4.35. The molecule has 37 heavy (non-hydrogen) atoms. The molecular formula is C28H33N7O2. The summed E-state index contributed by atoms with van der Waals surface area (Å²) in [7, 11) is 1.74. The second-order valence-corrected chi connectivity index (χ2v) is 10.6. The van der Waals surface area contributed by atoms with Gasteiger partial charge in [-0.2, -0.15) is 0 Å². The third-order valence-electron chi connectivity index (χ3n) is 7.77. The molecule has 2 N–H and O–H groups in total. The summed E-state index contributed by atoms with van der Waals surface area (Å²) >= 11 is 0. The first-order valence-electron chi connectivity index (χ1n) is 13.2. The topological polar surface area (TPSA) is 105 Å². The monoisotopic (exact) mass is 499 g/mol. The zero-order valence-corrected chi connectivity index (χ0v) is 21.2. The van der Waals surface area contributed by atoms with Gasteiger partial charge in [-0.15, -0.1) is 0 Å². The fourth-order valence-electron chi connectivity index (χ4n) is 5.73. The number of nitrogens with zero attached hydrogens (tertiary/aromatic N) is 5. The minimum absolute atomic E-state index is 0.100. The maximum atomic E-state index is 12.4. The molecule has 3 aliphatic rings. The van der Waals surface area contributed by atoms with E-state index in [1.165, 1.54) is 0 Å². The van der Waals surface area contributed by atoms with Gasteiger partial charge in [0.1, 0.15) is 23.2 Å². The van der Waals surface area contributed by atoms with Crippen molar-refractivity contribution < 1.29 is 9.53 Å². The second kappa shape index (κ2) is 9.95. The third-order valence-corrected chi connectivity index (χ3v) is 7.77. The van der Waals surface area contributed by atoms with Crippen LogP contribution in [0.3, 0.4) is 0 Å². The van der Waals surface area contributed by atoms with E-state index in [1.807, 2.05) is 30.3 Å². The van der Waals surface area contributed by atoms with Crippen LogP contribution in [-0.4, -0.2) is 52.1 Å². The van der Waals surface area contributed by atoms with Crippen LogP contribution in [0.25, 0.3) is 11.4 Å². The molecule has 3 fully saturated rings. The first-order valence-corrected chi connectivity index (χ1v) is 13.2. The van der Waals surface area contributed by atoms with Gasteiger partial charge in [0, 0.05) is 62.3 Å². The minimum atomic E-state index is 0.100. The number of nitrogens with one attached hydrogen (secondary N) is 2. The quantitative estimate of drug-likeness (QED) is 0.494. The lowest BCUT2D eigenvalue weighted by atomic mass is 9.69. The van der Waals surface area contributed by atoms with E-state index in [4.69, 9.17) is 14.7 Å². The third kappa shape index (κ3) is 5.35. The van der Waals surface area contributed by atoms with Crippen LogP contribution >= 0.6 is 0 Å². The van der Waals surface area contributed by atoms with E-state index in [2.05, 4.69) is 25.5 Å². The van der Waals surface area contributed by atoms with E-state index in [0.717, 1.165) is 75.2 Å². The maximum absolute atomic E-state index is 12.4. The van der Waals surface area contributed by atoms with Crippen molar-refractivity contribution >= 4 is 23.4 Å². The number of hydrogen-bond donors (Lipinski definition) is 2. The van der Waals surface area contributed by atoms with Gasteiger partial charge in [-0.25, -0.2) is 15.0 Å². The van der Waals surface area contributed by atoms with Gasteiger partial charge in [0.25, 0.3) is 0 Å². The van der Waals surface area contributed by atoms with Gasteiger partial charge in [0.15, 0.2) is 5.82 Å². The molecule has 0 radical (unpaired) electrons. The molecule has 2 atom stereocenters. The molecule has 0 aromatic carbocycles. The van der Waals surface area contributed by atoms with Crippen molar-refractivity contribution in [3.8, 4) is 17.1 Å². The highest BCUT2D eigenvalue weighted by Crippen LogP contribution is 2.47. The van der Waals surface area contributed by atoms with Crippen LogP contribution in [0.4, 0.5) is 17.5 Å². The molecule has 2 saturated carbocycles. The number of carbonyl (C=O) groups excluding carboxylic acids is 1. The van der Waals surface area contributed by atoms with E-state index >= 15 is 0 Å². The molecule has 192 valence electrons. The zero-order chi connectivity index (χ0) is 25.2. The Morgan fingerprint density at radius 1 is 1.11 bits per heavy atom. The summed E-state index contributed by atoms with van der Waals surface area (Å²) < 4.78 is 5.94. The van der Waals surface area contributed by atoms with Gasteiger partial charge >= 0.3 is 0 Å². The van der Waals surface area contributed by atoms with Crippen LogP contribution in [0.2, 0.25) is 0 Å². The number of hydrogen-bond acceptors (Lipinski definition) is 8. The van der Waals surface area contributed by atoms with Crippen molar-refractivity contribution in [3.63, 3.8) is 0 Å². The summed E-state index contributed by atoms with van der Waals surface area (Å²) in [5, 5.41) is 6.23. The van der Waals surface area contributed by atoms with Crippen LogP contribution in [-0.2, 0) is 4.79 Å². The van der Waals surface area contributed by atoms with Crippen molar-refractivity contribution in [1.29, 1.82) is 0 Å². The Morgan fingerprint density at radius 2 is 2.03 bits per heavy atom. The average molecular weight is 500 g/mol. The maximum Gasteiger partial charge on any atom is 0.222 e. The Bertz CT molecular complexity index is 1270. The largest absolute Gasteiger partial charge is 0.490 e. The fourth-order valence-corrected chi connectivity index (χ4v) is 5.73. The first-order chi connectivity index (χ1) is 18.1. The van der Waals surface area contributed by atoms with Gasteiger partial charge in [-0.05, 0) is 62.1 Å². The Hall–Kier alpha value is -3.75. The highest BCUT2D eigenvalue weighted by Gasteiger charge is 2.43. The number of amides is 1. The first kappa shape index (κ1) is 23.6. The average Bonchev–Trinajstić information content (AvgIpc) is 3.66. The molecule has 9 nitrogen and oxygen atoms in total. The Morgan fingerprint density at radius 3 is 2.84 bits per heavy atom. The molecule has 4 heterocycles. The minimum Gasteiger partial charge on any atom is -0.490 e. The van der Waals surface area contributed by atoms with Crippen LogP contribution in [0.5, 0.6) is 5.75 Å². The van der Waals surface area contributed by atoms with Crippen molar-refractivity contribution in [2.24, 2.45) is 11.3 Å². The molecule has 9 heteroatoms. The smallest absolute Gasteiger partial charge is 0.222 e. The SMILES string of the molecule is CNC(=O)C1CCCC2(CCN(c3cc(Nc4cc(OC5CC5)ccn4)nc(-c4cccnc4)n3)C2)C1. The van der Waals surface area contributed by atoms with Crippen LogP contribution in [0, 0.1) is 11.3 Å². The van der Waals surface area contributed by atoms with Gasteiger partial charge < -0.3 is 20.3 Å². The molecule has 1 saturated heterocycles. The van der Waals surface area contributed by atoms with Crippen LogP contribution in [0.1, 0.15) is 44.9 Å². The van der Waals surface area contributed by atoms with Gasteiger partial charge in [0.05, 0.1) is 6.10 Å². The molecule has 0 bridgehead atoms. The molecule has 1 spiro atoms. The van der Waals surface area contributed by atoms with E-state index in [1.54, 1.807) is 25.6 Å². The van der Waals surface area contributed by atoms with Crippen LogP contribution < -0.4 is 20.3 Å². The molecule has 3 aromatic rings.